The summed E-state index contributed by atoms with van der Waals surface area (Å²) in [6.07, 6.45) is 0. The number of carbonyl (C=O) groups is 2. The Balaban J connectivity index is 1.53. The van der Waals surface area contributed by atoms with E-state index in [1.165, 1.54) is 36.4 Å². The van der Waals surface area contributed by atoms with E-state index in [-0.39, 0.29) is 12.3 Å². The van der Waals surface area contributed by atoms with Crippen LogP contribution in [-0.2, 0) is 26.9 Å². The molecule has 0 saturated heterocycles. The number of nitrogens with one attached hydrogen (secondary N) is 2. The highest BCUT2D eigenvalue weighted by Gasteiger charge is 2.17. The van der Waals surface area contributed by atoms with E-state index in [0.29, 0.717) is 27.9 Å². The highest BCUT2D eigenvalue weighted by Crippen LogP contribution is 2.13. The van der Waals surface area contributed by atoms with Gasteiger partial charge in [-0.15, -0.1) is 0 Å². The number of nitrogens with zero attached hydrogens (tertiary/aromatic N) is 1. The van der Waals surface area contributed by atoms with Gasteiger partial charge in [-0.2, -0.15) is 5.26 Å². The van der Waals surface area contributed by atoms with E-state index in [2.05, 4.69) is 10.6 Å². The number of benzene rings is 3. The Morgan fingerprint density at radius 3 is 2.30 bits per heavy atom. The SMILES string of the molecule is N#Cc1ccc(CS(=O)(=O)CC(=O)NCc2cccc(NC(=O)c3ccc(F)cc3)c2)cc1. The Kier molecular flexibility index (Phi) is 7.53. The minimum atomic E-state index is -3.69. The first-order valence-corrected chi connectivity index (χ1v) is 11.7. The molecule has 33 heavy (non-hydrogen) atoms. The highest BCUT2D eigenvalue weighted by molar-refractivity contribution is 7.91. The van der Waals surface area contributed by atoms with Gasteiger partial charge in [-0.05, 0) is 59.7 Å². The smallest absolute Gasteiger partial charge is 0.255 e. The molecule has 0 unspecified atom stereocenters. The fraction of sp³-hybridized carbons (Fsp3) is 0.125. The van der Waals surface area contributed by atoms with Crippen molar-refractivity contribution < 1.29 is 22.4 Å². The quantitative estimate of drug-likeness (QED) is 0.530. The summed E-state index contributed by atoms with van der Waals surface area (Å²) in [4.78, 5) is 24.4. The summed E-state index contributed by atoms with van der Waals surface area (Å²) >= 11 is 0. The molecule has 0 aromatic heterocycles. The second kappa shape index (κ2) is 10.5. The number of anilines is 1. The molecule has 3 aromatic rings. The van der Waals surface area contributed by atoms with E-state index in [4.69, 9.17) is 5.26 Å². The monoisotopic (exact) mass is 465 g/mol. The molecule has 3 rings (SSSR count). The summed E-state index contributed by atoms with van der Waals surface area (Å²) in [6, 6.07) is 19.9. The van der Waals surface area contributed by atoms with Gasteiger partial charge < -0.3 is 10.6 Å². The number of hydrogen-bond acceptors (Lipinski definition) is 5. The Bertz CT molecular complexity index is 1300. The van der Waals surface area contributed by atoms with Crippen LogP contribution in [0.1, 0.15) is 27.0 Å². The van der Waals surface area contributed by atoms with Crippen molar-refractivity contribution in [2.24, 2.45) is 0 Å². The molecule has 0 aliphatic rings. The molecule has 7 nitrogen and oxygen atoms in total. The standard InChI is InChI=1S/C24H20FN3O4S/c25-21-10-8-20(9-11-21)24(30)28-22-3-1-2-19(12-22)14-27-23(29)16-33(31,32)15-18-6-4-17(13-26)5-7-18/h1-12H,14-16H2,(H,27,29)(H,28,30). The van der Waals surface area contributed by atoms with Crippen molar-refractivity contribution in [1.29, 1.82) is 5.26 Å². The largest absolute Gasteiger partial charge is 0.351 e. The van der Waals surface area contributed by atoms with E-state index in [0.717, 1.165) is 0 Å². The minimum absolute atomic E-state index is 0.0749. The Morgan fingerprint density at radius 1 is 0.939 bits per heavy atom. The van der Waals surface area contributed by atoms with E-state index in [1.807, 2.05) is 6.07 Å². The van der Waals surface area contributed by atoms with Crippen molar-refractivity contribution in [3.63, 3.8) is 0 Å². The Hall–Kier alpha value is -4.03. The number of nitriles is 1. The predicted octanol–water partition coefficient (Wildman–Crippen LogP) is 3.18. The zero-order valence-corrected chi connectivity index (χ0v) is 18.2. The third-order valence-corrected chi connectivity index (χ3v) is 6.08. The molecule has 0 aliphatic heterocycles. The molecular formula is C24H20FN3O4S. The van der Waals surface area contributed by atoms with Crippen molar-refractivity contribution >= 4 is 27.3 Å². The van der Waals surface area contributed by atoms with Gasteiger partial charge in [0, 0.05) is 17.8 Å². The van der Waals surface area contributed by atoms with Crippen molar-refractivity contribution in [1.82, 2.24) is 5.32 Å². The first-order chi connectivity index (χ1) is 15.7. The average Bonchev–Trinajstić information content (AvgIpc) is 2.78. The highest BCUT2D eigenvalue weighted by atomic mass is 32.2. The minimum Gasteiger partial charge on any atom is -0.351 e. The van der Waals surface area contributed by atoms with Gasteiger partial charge in [-0.3, -0.25) is 9.59 Å². The zero-order valence-electron chi connectivity index (χ0n) is 17.4. The van der Waals surface area contributed by atoms with Crippen LogP contribution in [-0.4, -0.2) is 26.0 Å². The molecule has 0 aliphatic carbocycles. The molecule has 0 spiro atoms. The molecule has 0 fully saturated rings. The third-order valence-electron chi connectivity index (χ3n) is 4.60. The Morgan fingerprint density at radius 2 is 1.64 bits per heavy atom. The van der Waals surface area contributed by atoms with Gasteiger partial charge in [0.25, 0.3) is 5.91 Å². The van der Waals surface area contributed by atoms with Gasteiger partial charge in [0.15, 0.2) is 9.84 Å². The number of sulfone groups is 1. The van der Waals surface area contributed by atoms with Gasteiger partial charge in [0.05, 0.1) is 17.4 Å². The third kappa shape index (κ3) is 7.26. The molecule has 0 heterocycles. The number of rotatable bonds is 8. The summed E-state index contributed by atoms with van der Waals surface area (Å²) in [5, 5.41) is 14.1. The lowest BCUT2D eigenvalue weighted by atomic mass is 10.1. The fourth-order valence-electron chi connectivity index (χ4n) is 3.00. The van der Waals surface area contributed by atoms with Crippen LogP contribution < -0.4 is 10.6 Å². The normalized spacial score (nSPS) is 10.8. The second-order valence-electron chi connectivity index (χ2n) is 7.28. The van der Waals surface area contributed by atoms with E-state index < -0.39 is 33.2 Å². The summed E-state index contributed by atoms with van der Waals surface area (Å²) in [7, 11) is -3.69. The van der Waals surface area contributed by atoms with Crippen LogP contribution in [0.4, 0.5) is 10.1 Å². The molecule has 168 valence electrons. The Labute approximate surface area is 190 Å². The molecule has 0 saturated carbocycles. The van der Waals surface area contributed by atoms with Crippen molar-refractivity contribution in [2.45, 2.75) is 12.3 Å². The number of amides is 2. The topological polar surface area (TPSA) is 116 Å². The van der Waals surface area contributed by atoms with E-state index in [9.17, 15) is 22.4 Å². The van der Waals surface area contributed by atoms with Crippen LogP contribution in [0.3, 0.4) is 0 Å². The molecule has 3 aromatic carbocycles. The fourth-order valence-corrected chi connectivity index (χ4v) is 4.30. The average molecular weight is 466 g/mol. The lowest BCUT2D eigenvalue weighted by molar-refractivity contribution is -0.118. The maximum absolute atomic E-state index is 13.0. The van der Waals surface area contributed by atoms with Gasteiger partial charge in [-0.1, -0.05) is 24.3 Å². The lowest BCUT2D eigenvalue weighted by Crippen LogP contribution is -2.30. The van der Waals surface area contributed by atoms with E-state index in [1.54, 1.807) is 36.4 Å². The van der Waals surface area contributed by atoms with Crippen molar-refractivity contribution in [3.8, 4) is 6.07 Å². The maximum Gasteiger partial charge on any atom is 0.255 e. The molecule has 9 heteroatoms. The summed E-state index contributed by atoms with van der Waals surface area (Å²) in [6.45, 7) is 0.0749. The number of halogens is 1. The van der Waals surface area contributed by atoms with Crippen LogP contribution in [0, 0.1) is 17.1 Å². The zero-order chi connectivity index (χ0) is 23.8. The van der Waals surface area contributed by atoms with Crippen LogP contribution in [0.2, 0.25) is 0 Å². The molecule has 2 amide bonds. The van der Waals surface area contributed by atoms with Gasteiger partial charge in [-0.25, -0.2) is 12.8 Å². The van der Waals surface area contributed by atoms with E-state index >= 15 is 0 Å². The van der Waals surface area contributed by atoms with Crippen LogP contribution in [0.5, 0.6) is 0 Å². The van der Waals surface area contributed by atoms with Crippen LogP contribution >= 0.6 is 0 Å². The molecule has 0 atom stereocenters. The number of carbonyl (C=O) groups excluding carboxylic acids is 2. The summed E-state index contributed by atoms with van der Waals surface area (Å²) < 4.78 is 37.6. The molecule has 0 bridgehead atoms. The van der Waals surface area contributed by atoms with Crippen molar-refractivity contribution in [3.05, 3.63) is 101 Å². The maximum atomic E-state index is 13.0. The lowest BCUT2D eigenvalue weighted by Gasteiger charge is -2.09. The predicted molar refractivity (Wildman–Crippen MR) is 121 cm³/mol. The van der Waals surface area contributed by atoms with Crippen LogP contribution in [0.15, 0.2) is 72.8 Å². The second-order valence-corrected chi connectivity index (χ2v) is 9.34. The first-order valence-electron chi connectivity index (χ1n) is 9.86. The van der Waals surface area contributed by atoms with Crippen molar-refractivity contribution in [2.75, 3.05) is 11.1 Å². The first kappa shape index (κ1) is 23.6. The summed E-state index contributed by atoms with van der Waals surface area (Å²) in [5.41, 5.74) is 2.34. The van der Waals surface area contributed by atoms with Gasteiger partial charge in [0.2, 0.25) is 5.91 Å². The summed E-state index contributed by atoms with van der Waals surface area (Å²) in [5.74, 6) is -2.48. The van der Waals surface area contributed by atoms with Crippen LogP contribution in [0.25, 0.3) is 0 Å². The number of hydrogen-bond donors (Lipinski definition) is 2. The molecule has 0 radical (unpaired) electrons. The molecular weight excluding hydrogens is 445 g/mol. The van der Waals surface area contributed by atoms with Gasteiger partial charge in [0.1, 0.15) is 11.6 Å². The molecule has 2 N–H and O–H groups in total. The van der Waals surface area contributed by atoms with Gasteiger partial charge >= 0.3 is 0 Å².